The Morgan fingerprint density at radius 3 is 2.86 bits per heavy atom. The summed E-state index contributed by atoms with van der Waals surface area (Å²) in [7, 11) is 0. The van der Waals surface area contributed by atoms with Gasteiger partial charge in [0.05, 0.1) is 23.6 Å². The van der Waals surface area contributed by atoms with Crippen LogP contribution < -0.4 is 5.32 Å². The van der Waals surface area contributed by atoms with Crippen molar-refractivity contribution in [2.24, 2.45) is 0 Å². The maximum Gasteiger partial charge on any atom is 0.274 e. The van der Waals surface area contributed by atoms with Gasteiger partial charge in [-0.1, -0.05) is 22.5 Å². The number of benzene rings is 1. The summed E-state index contributed by atoms with van der Waals surface area (Å²) >= 11 is 0. The fourth-order valence-electron chi connectivity index (χ4n) is 3.77. The molecule has 0 bridgehead atoms. The molecule has 0 spiro atoms. The van der Waals surface area contributed by atoms with Gasteiger partial charge in [-0.05, 0) is 51.3 Å². The zero-order valence-corrected chi connectivity index (χ0v) is 17.3. The molecule has 0 atom stereocenters. The van der Waals surface area contributed by atoms with Gasteiger partial charge in [0.15, 0.2) is 11.5 Å². The summed E-state index contributed by atoms with van der Waals surface area (Å²) in [6.45, 7) is 10.4. The number of nitrogens with zero attached hydrogens (tertiary/aromatic N) is 5. The Balaban J connectivity index is 1.56. The zero-order chi connectivity index (χ0) is 20.5. The van der Waals surface area contributed by atoms with E-state index in [2.05, 4.69) is 45.6 Å². The van der Waals surface area contributed by atoms with Gasteiger partial charge in [0.2, 0.25) is 0 Å². The number of hydrogen-bond donors (Lipinski definition) is 1. The van der Waals surface area contributed by atoms with E-state index in [0.717, 1.165) is 36.6 Å². The molecule has 0 aliphatic carbocycles. The van der Waals surface area contributed by atoms with E-state index in [9.17, 15) is 4.79 Å². The van der Waals surface area contributed by atoms with Crippen LogP contribution in [0.3, 0.4) is 0 Å². The van der Waals surface area contributed by atoms with Gasteiger partial charge in [-0.15, -0.1) is 5.10 Å². The van der Waals surface area contributed by atoms with Crippen LogP contribution in [0.25, 0.3) is 5.69 Å². The average molecular weight is 394 g/mol. The lowest BCUT2D eigenvalue weighted by Gasteiger charge is -2.32. The van der Waals surface area contributed by atoms with E-state index in [4.69, 9.17) is 4.52 Å². The average Bonchev–Trinajstić information content (AvgIpc) is 3.30. The molecule has 4 rings (SSSR count). The van der Waals surface area contributed by atoms with Crippen molar-refractivity contribution in [2.45, 2.75) is 53.2 Å². The molecule has 0 unspecified atom stereocenters. The molecule has 29 heavy (non-hydrogen) atoms. The monoisotopic (exact) mass is 394 g/mol. The second kappa shape index (κ2) is 7.79. The molecule has 1 amide bonds. The minimum Gasteiger partial charge on any atom is -0.359 e. The summed E-state index contributed by atoms with van der Waals surface area (Å²) in [6, 6.07) is 8.58. The van der Waals surface area contributed by atoms with Crippen molar-refractivity contribution in [3.05, 3.63) is 58.2 Å². The van der Waals surface area contributed by atoms with Crippen LogP contribution in [0.2, 0.25) is 0 Å². The van der Waals surface area contributed by atoms with Crippen LogP contribution in [-0.2, 0) is 19.5 Å². The Morgan fingerprint density at radius 1 is 1.31 bits per heavy atom. The predicted molar refractivity (Wildman–Crippen MR) is 108 cm³/mol. The normalized spacial score (nSPS) is 14.2. The van der Waals surface area contributed by atoms with Gasteiger partial charge in [-0.2, -0.15) is 0 Å². The zero-order valence-electron chi connectivity index (χ0n) is 17.3. The molecular formula is C21H26N6O2. The van der Waals surface area contributed by atoms with Crippen LogP contribution in [0.1, 0.15) is 52.6 Å². The maximum atomic E-state index is 12.6. The molecule has 1 aliphatic heterocycles. The number of rotatable bonds is 5. The number of carbonyl (C=O) groups is 1. The summed E-state index contributed by atoms with van der Waals surface area (Å²) in [5, 5.41) is 15.1. The van der Waals surface area contributed by atoms with Gasteiger partial charge in [0.1, 0.15) is 0 Å². The SMILES string of the molecule is Cc1cc(CNC(=O)c2nnn(-c3cccc4c3CCN(C(C)C)C4)c2C)on1. The minimum atomic E-state index is -0.279. The molecule has 3 aromatic rings. The Morgan fingerprint density at radius 2 is 2.14 bits per heavy atom. The van der Waals surface area contributed by atoms with Crippen LogP contribution in [0.5, 0.6) is 0 Å². The van der Waals surface area contributed by atoms with E-state index in [1.165, 1.54) is 11.1 Å². The third-order valence-electron chi connectivity index (χ3n) is 5.44. The molecule has 0 saturated carbocycles. The van der Waals surface area contributed by atoms with Crippen molar-refractivity contribution in [3.8, 4) is 5.69 Å². The molecule has 8 nitrogen and oxygen atoms in total. The summed E-state index contributed by atoms with van der Waals surface area (Å²) < 4.78 is 6.91. The largest absolute Gasteiger partial charge is 0.359 e. The summed E-state index contributed by atoms with van der Waals surface area (Å²) in [5.41, 5.74) is 5.40. The molecule has 0 fully saturated rings. The summed E-state index contributed by atoms with van der Waals surface area (Å²) in [5.74, 6) is 0.325. The minimum absolute atomic E-state index is 0.262. The van der Waals surface area contributed by atoms with Gasteiger partial charge in [-0.25, -0.2) is 4.68 Å². The van der Waals surface area contributed by atoms with Gasteiger partial charge in [-0.3, -0.25) is 9.69 Å². The fraction of sp³-hybridized carbons (Fsp3) is 0.429. The molecule has 8 heteroatoms. The molecular weight excluding hydrogens is 368 g/mol. The van der Waals surface area contributed by atoms with Crippen LogP contribution >= 0.6 is 0 Å². The lowest BCUT2D eigenvalue weighted by atomic mass is 9.97. The number of hydrogen-bond acceptors (Lipinski definition) is 6. The standard InChI is InChI=1S/C21H26N6O2/c1-13(2)26-9-8-18-16(12-26)6-5-7-19(18)27-15(4)20(23-25-27)21(28)22-11-17-10-14(3)24-29-17/h5-7,10,13H,8-9,11-12H2,1-4H3,(H,22,28). The van der Waals surface area contributed by atoms with Crippen LogP contribution in [0, 0.1) is 13.8 Å². The van der Waals surface area contributed by atoms with Gasteiger partial charge < -0.3 is 9.84 Å². The number of aromatic nitrogens is 4. The van der Waals surface area contributed by atoms with Gasteiger partial charge in [0, 0.05) is 25.2 Å². The molecule has 3 heterocycles. The highest BCUT2D eigenvalue weighted by Crippen LogP contribution is 2.27. The van der Waals surface area contributed by atoms with Crippen LogP contribution in [-0.4, -0.2) is 43.5 Å². The second-order valence-electron chi connectivity index (χ2n) is 7.78. The number of amides is 1. The topological polar surface area (TPSA) is 89.1 Å². The number of fused-ring (bicyclic) bond motifs is 1. The quantitative estimate of drug-likeness (QED) is 0.715. The van der Waals surface area contributed by atoms with E-state index in [0.29, 0.717) is 17.5 Å². The van der Waals surface area contributed by atoms with Crippen molar-refractivity contribution in [1.29, 1.82) is 0 Å². The van der Waals surface area contributed by atoms with E-state index in [1.807, 2.05) is 26.0 Å². The first kappa shape index (κ1) is 19.3. The first-order valence-electron chi connectivity index (χ1n) is 9.92. The van der Waals surface area contributed by atoms with E-state index < -0.39 is 0 Å². The van der Waals surface area contributed by atoms with Gasteiger partial charge >= 0.3 is 0 Å². The van der Waals surface area contributed by atoms with Crippen molar-refractivity contribution >= 4 is 5.91 Å². The molecule has 0 radical (unpaired) electrons. The van der Waals surface area contributed by atoms with Crippen molar-refractivity contribution in [2.75, 3.05) is 6.54 Å². The molecule has 152 valence electrons. The van der Waals surface area contributed by atoms with Crippen molar-refractivity contribution in [1.82, 2.24) is 30.4 Å². The third kappa shape index (κ3) is 3.80. The molecule has 2 aromatic heterocycles. The lowest BCUT2D eigenvalue weighted by Crippen LogP contribution is -2.36. The van der Waals surface area contributed by atoms with Crippen molar-refractivity contribution in [3.63, 3.8) is 0 Å². The Labute approximate surface area is 169 Å². The van der Waals surface area contributed by atoms with E-state index in [-0.39, 0.29) is 12.5 Å². The number of aryl methyl sites for hydroxylation is 1. The Hall–Kier alpha value is -3.00. The third-order valence-corrected chi connectivity index (χ3v) is 5.44. The van der Waals surface area contributed by atoms with E-state index in [1.54, 1.807) is 10.7 Å². The number of carbonyl (C=O) groups excluding carboxylic acids is 1. The van der Waals surface area contributed by atoms with Crippen LogP contribution in [0.15, 0.2) is 28.8 Å². The highest BCUT2D eigenvalue weighted by Gasteiger charge is 2.24. The molecule has 1 N–H and O–H groups in total. The first-order chi connectivity index (χ1) is 13.9. The van der Waals surface area contributed by atoms with Crippen molar-refractivity contribution < 1.29 is 9.32 Å². The fourth-order valence-corrected chi connectivity index (χ4v) is 3.77. The number of nitrogens with one attached hydrogen (secondary N) is 1. The smallest absolute Gasteiger partial charge is 0.274 e. The highest BCUT2D eigenvalue weighted by molar-refractivity contribution is 5.93. The van der Waals surface area contributed by atoms with Gasteiger partial charge in [0.25, 0.3) is 5.91 Å². The second-order valence-corrected chi connectivity index (χ2v) is 7.78. The predicted octanol–water partition coefficient (Wildman–Crippen LogP) is 2.57. The lowest BCUT2D eigenvalue weighted by molar-refractivity contribution is 0.0941. The van der Waals surface area contributed by atoms with Crippen LogP contribution in [0.4, 0.5) is 0 Å². The summed E-state index contributed by atoms with van der Waals surface area (Å²) in [4.78, 5) is 15.1. The Kier molecular flexibility index (Phi) is 5.19. The first-order valence-corrected chi connectivity index (χ1v) is 9.92. The molecule has 1 aliphatic rings. The summed E-state index contributed by atoms with van der Waals surface area (Å²) in [6.07, 6.45) is 0.954. The highest BCUT2D eigenvalue weighted by atomic mass is 16.5. The maximum absolute atomic E-state index is 12.6. The van der Waals surface area contributed by atoms with E-state index >= 15 is 0 Å². The molecule has 1 aromatic carbocycles. The molecule has 0 saturated heterocycles. The Bertz CT molecular complexity index is 1040.